The number of hydrogen-bond donors (Lipinski definition) is 0. The fourth-order valence-electron chi connectivity index (χ4n) is 3.38. The van der Waals surface area contributed by atoms with E-state index in [4.69, 9.17) is 0 Å². The van der Waals surface area contributed by atoms with Crippen molar-refractivity contribution in [1.29, 1.82) is 0 Å². The molecule has 0 N–H and O–H groups in total. The first-order valence-electron chi connectivity index (χ1n) is 11.6. The van der Waals surface area contributed by atoms with Crippen LogP contribution in [0.25, 0.3) is 5.57 Å². The van der Waals surface area contributed by atoms with Crippen LogP contribution in [0.15, 0.2) is 36.9 Å². The zero-order valence-corrected chi connectivity index (χ0v) is 20.4. The van der Waals surface area contributed by atoms with Gasteiger partial charge in [-0.15, -0.1) is 0 Å². The van der Waals surface area contributed by atoms with Crippen LogP contribution < -0.4 is 0 Å². The van der Waals surface area contributed by atoms with Crippen molar-refractivity contribution >= 4 is 5.57 Å². The van der Waals surface area contributed by atoms with Crippen molar-refractivity contribution in [2.45, 2.75) is 108 Å². The minimum atomic E-state index is 0.886. The molecule has 1 aromatic carbocycles. The molecule has 0 radical (unpaired) electrons. The summed E-state index contributed by atoms with van der Waals surface area (Å²) >= 11 is 0. The second-order valence-corrected chi connectivity index (χ2v) is 5.77. The van der Waals surface area contributed by atoms with E-state index in [1.54, 1.807) is 0 Å². The molecule has 1 aromatic rings. The normalized spacial score (nSPS) is 13.2. The Labute approximate surface area is 173 Å². The molecule has 0 aromatic heterocycles. The van der Waals surface area contributed by atoms with Crippen molar-refractivity contribution in [3.05, 3.63) is 53.6 Å². The van der Waals surface area contributed by atoms with Gasteiger partial charge in [0, 0.05) is 0 Å². The Hall–Kier alpha value is -1.30. The van der Waals surface area contributed by atoms with E-state index < -0.39 is 0 Å². The van der Waals surface area contributed by atoms with E-state index >= 15 is 0 Å². The fraction of sp³-hybridized carbons (Fsp3) is 0.630. The Morgan fingerprint density at radius 2 is 1.44 bits per heavy atom. The van der Waals surface area contributed by atoms with Gasteiger partial charge in [0.15, 0.2) is 0 Å². The predicted molar refractivity (Wildman–Crippen MR) is 131 cm³/mol. The lowest BCUT2D eigenvalue weighted by molar-refractivity contribution is 0.356. The minimum Gasteiger partial charge on any atom is -0.0985 e. The highest BCUT2D eigenvalue weighted by Gasteiger charge is 2.16. The standard InChI is InChI=1S/C19H26.4C2H6/c1-4-17(5-2)19-15(3)10-9-13-18(19)14-16-11-7-6-8-12-16;4*1-2/h4-5,9-10,13,16H,1,6-8,11-12,14H2,2-3H3;4*1-2H3/b17-5+;;;;. The van der Waals surface area contributed by atoms with Crippen LogP contribution in [0.2, 0.25) is 0 Å². The molecule has 0 amide bonds. The van der Waals surface area contributed by atoms with Crippen molar-refractivity contribution in [3.8, 4) is 0 Å². The quantitative estimate of drug-likeness (QED) is 0.460. The Bertz CT molecular complexity index is 459. The van der Waals surface area contributed by atoms with Crippen molar-refractivity contribution in [1.82, 2.24) is 0 Å². The lowest BCUT2D eigenvalue weighted by Gasteiger charge is -2.23. The van der Waals surface area contributed by atoms with E-state index in [2.05, 4.69) is 44.7 Å². The van der Waals surface area contributed by atoms with Crippen LogP contribution in [0.3, 0.4) is 0 Å². The van der Waals surface area contributed by atoms with Crippen LogP contribution in [-0.2, 0) is 6.42 Å². The van der Waals surface area contributed by atoms with Gasteiger partial charge in [0.25, 0.3) is 0 Å². The number of rotatable bonds is 4. The topological polar surface area (TPSA) is 0 Å². The smallest absolute Gasteiger partial charge is 0.0126 e. The predicted octanol–water partition coefficient (Wildman–Crippen LogP) is 9.81. The molecule has 0 spiro atoms. The summed E-state index contributed by atoms with van der Waals surface area (Å²) in [4.78, 5) is 0. The van der Waals surface area contributed by atoms with Crippen molar-refractivity contribution < 1.29 is 0 Å². The summed E-state index contributed by atoms with van der Waals surface area (Å²) in [5.74, 6) is 0.886. The maximum Gasteiger partial charge on any atom is -0.0126 e. The second-order valence-electron chi connectivity index (χ2n) is 5.77. The second kappa shape index (κ2) is 22.7. The SMILES string of the molecule is C=C/C(=C\C)c1c(C)cccc1CC1CCCCC1.CC.CC.CC.CC. The van der Waals surface area contributed by atoms with Crippen LogP contribution >= 0.6 is 0 Å². The molecule has 0 bridgehead atoms. The third kappa shape index (κ3) is 11.9. The molecule has 1 saturated carbocycles. The Kier molecular flexibility index (Phi) is 25.6. The van der Waals surface area contributed by atoms with Crippen LogP contribution in [0.4, 0.5) is 0 Å². The van der Waals surface area contributed by atoms with E-state index in [-0.39, 0.29) is 0 Å². The average Bonchev–Trinajstić information content (AvgIpc) is 2.77. The number of hydrogen-bond acceptors (Lipinski definition) is 0. The van der Waals surface area contributed by atoms with E-state index in [1.165, 1.54) is 60.8 Å². The van der Waals surface area contributed by atoms with Gasteiger partial charge in [0.2, 0.25) is 0 Å². The summed E-state index contributed by atoms with van der Waals surface area (Å²) in [6.07, 6.45) is 12.5. The van der Waals surface area contributed by atoms with Gasteiger partial charge in [-0.2, -0.15) is 0 Å². The van der Waals surface area contributed by atoms with Gasteiger partial charge in [-0.3, -0.25) is 0 Å². The average molecular weight is 375 g/mol. The highest BCUT2D eigenvalue weighted by molar-refractivity contribution is 5.77. The maximum absolute atomic E-state index is 3.97. The number of allylic oxidation sites excluding steroid dienone is 3. The molecule has 0 atom stereocenters. The van der Waals surface area contributed by atoms with Crippen molar-refractivity contribution in [3.63, 3.8) is 0 Å². The molecule has 0 unspecified atom stereocenters. The van der Waals surface area contributed by atoms with E-state index in [0.29, 0.717) is 0 Å². The van der Waals surface area contributed by atoms with E-state index in [1.807, 2.05) is 61.5 Å². The summed E-state index contributed by atoms with van der Waals surface area (Å²) in [7, 11) is 0. The van der Waals surface area contributed by atoms with Gasteiger partial charge < -0.3 is 0 Å². The Balaban J connectivity index is -0.000000638. The van der Waals surface area contributed by atoms with Crippen molar-refractivity contribution in [2.24, 2.45) is 5.92 Å². The molecule has 0 heteroatoms. The molecule has 2 rings (SSSR count). The molecule has 1 aliphatic rings. The first-order chi connectivity index (χ1) is 13.3. The van der Waals surface area contributed by atoms with Crippen LogP contribution in [0.1, 0.15) is 111 Å². The van der Waals surface area contributed by atoms with Crippen LogP contribution in [0.5, 0.6) is 0 Å². The van der Waals surface area contributed by atoms with Gasteiger partial charge >= 0.3 is 0 Å². The number of aryl methyl sites for hydroxylation is 1. The molecule has 0 saturated heterocycles. The third-order valence-corrected chi connectivity index (χ3v) is 4.41. The molecule has 158 valence electrons. The summed E-state index contributed by atoms with van der Waals surface area (Å²) in [6, 6.07) is 6.73. The first kappa shape index (κ1) is 30.4. The third-order valence-electron chi connectivity index (χ3n) is 4.41. The maximum atomic E-state index is 3.97. The van der Waals surface area contributed by atoms with Crippen LogP contribution in [0, 0.1) is 12.8 Å². The van der Waals surface area contributed by atoms with Gasteiger partial charge in [0.05, 0.1) is 0 Å². The molecular formula is C27H50. The van der Waals surface area contributed by atoms with Gasteiger partial charge in [0.1, 0.15) is 0 Å². The molecule has 0 aliphatic heterocycles. The zero-order chi connectivity index (χ0) is 21.7. The van der Waals surface area contributed by atoms with Gasteiger partial charge in [-0.25, -0.2) is 0 Å². The fourth-order valence-corrected chi connectivity index (χ4v) is 3.38. The lowest BCUT2D eigenvalue weighted by atomic mass is 9.82. The monoisotopic (exact) mass is 374 g/mol. The van der Waals surface area contributed by atoms with Crippen molar-refractivity contribution in [2.75, 3.05) is 0 Å². The lowest BCUT2D eigenvalue weighted by Crippen LogP contribution is -2.10. The molecule has 0 nitrogen and oxygen atoms in total. The van der Waals surface area contributed by atoms with Gasteiger partial charge in [-0.1, -0.05) is 124 Å². The summed E-state index contributed by atoms with van der Waals surface area (Å²) in [6.45, 7) is 24.3. The van der Waals surface area contributed by atoms with Crippen LogP contribution in [-0.4, -0.2) is 0 Å². The summed E-state index contributed by atoms with van der Waals surface area (Å²) in [5.41, 5.74) is 5.59. The van der Waals surface area contributed by atoms with E-state index in [0.717, 1.165) is 5.92 Å². The van der Waals surface area contributed by atoms with E-state index in [9.17, 15) is 0 Å². The molecule has 27 heavy (non-hydrogen) atoms. The minimum absolute atomic E-state index is 0.886. The molecule has 1 aliphatic carbocycles. The highest BCUT2D eigenvalue weighted by Crippen LogP contribution is 2.31. The Morgan fingerprint density at radius 3 is 1.89 bits per heavy atom. The Morgan fingerprint density at radius 1 is 0.926 bits per heavy atom. The molecule has 1 fully saturated rings. The summed E-state index contributed by atoms with van der Waals surface area (Å²) < 4.78 is 0. The molecular weight excluding hydrogens is 324 g/mol. The molecule has 0 heterocycles. The highest BCUT2D eigenvalue weighted by atomic mass is 14.2. The van der Waals surface area contributed by atoms with Gasteiger partial charge in [-0.05, 0) is 48.4 Å². The number of benzene rings is 1. The zero-order valence-electron chi connectivity index (χ0n) is 20.4. The first-order valence-corrected chi connectivity index (χ1v) is 11.6. The largest absolute Gasteiger partial charge is 0.0985 e. The summed E-state index contributed by atoms with van der Waals surface area (Å²) in [5, 5.41) is 0.